The first-order valence-electron chi connectivity index (χ1n) is 7.59. The lowest BCUT2D eigenvalue weighted by atomic mass is 10.2. The van der Waals surface area contributed by atoms with Gasteiger partial charge in [-0.25, -0.2) is 0 Å². The van der Waals surface area contributed by atoms with E-state index in [-0.39, 0.29) is 18.1 Å². The van der Waals surface area contributed by atoms with Gasteiger partial charge in [0.25, 0.3) is 5.69 Å². The van der Waals surface area contributed by atoms with E-state index in [2.05, 4.69) is 25.6 Å². The average molecular weight is 349 g/mol. The van der Waals surface area contributed by atoms with Crippen molar-refractivity contribution in [3.63, 3.8) is 0 Å². The Morgan fingerprint density at radius 1 is 0.962 bits per heavy atom. The standard InChI is InChI=1S/C16H11N7O3/c24-23(25)13-8-6-12(7-9-13)16-19-17-14(26-16)10-22-20-15(18-21-22)11-4-2-1-3-5-11/h1-9H,10H2. The second kappa shape index (κ2) is 6.51. The fraction of sp³-hybridized carbons (Fsp3) is 0.0625. The van der Waals surface area contributed by atoms with Crippen LogP contribution in [0.2, 0.25) is 0 Å². The van der Waals surface area contributed by atoms with Gasteiger partial charge in [0.1, 0.15) is 6.54 Å². The predicted octanol–water partition coefficient (Wildman–Crippen LogP) is 2.35. The minimum atomic E-state index is -0.469. The van der Waals surface area contributed by atoms with Crippen LogP contribution in [0.25, 0.3) is 22.8 Å². The van der Waals surface area contributed by atoms with Crippen molar-refractivity contribution < 1.29 is 9.34 Å². The van der Waals surface area contributed by atoms with Gasteiger partial charge >= 0.3 is 0 Å². The van der Waals surface area contributed by atoms with Crippen LogP contribution in [0.3, 0.4) is 0 Å². The summed E-state index contributed by atoms with van der Waals surface area (Å²) in [5, 5.41) is 30.8. The Morgan fingerprint density at radius 2 is 1.73 bits per heavy atom. The summed E-state index contributed by atoms with van der Waals surface area (Å²) in [4.78, 5) is 11.6. The lowest BCUT2D eigenvalue weighted by molar-refractivity contribution is -0.384. The molecule has 0 amide bonds. The quantitative estimate of drug-likeness (QED) is 0.397. The number of nitro benzene ring substituents is 1. The zero-order chi connectivity index (χ0) is 17.9. The van der Waals surface area contributed by atoms with Crippen molar-refractivity contribution in [3.8, 4) is 22.8 Å². The van der Waals surface area contributed by atoms with Crippen LogP contribution in [0.5, 0.6) is 0 Å². The first-order valence-corrected chi connectivity index (χ1v) is 7.59. The van der Waals surface area contributed by atoms with Gasteiger partial charge in [-0.15, -0.1) is 20.4 Å². The molecule has 0 saturated heterocycles. The number of nitro groups is 1. The molecule has 0 saturated carbocycles. The molecule has 2 aromatic carbocycles. The summed E-state index contributed by atoms with van der Waals surface area (Å²) in [5.74, 6) is 1.06. The van der Waals surface area contributed by atoms with Crippen molar-refractivity contribution in [2.24, 2.45) is 0 Å². The highest BCUT2D eigenvalue weighted by Crippen LogP contribution is 2.21. The zero-order valence-corrected chi connectivity index (χ0v) is 13.3. The Labute approximate surface area is 146 Å². The summed E-state index contributed by atoms with van der Waals surface area (Å²) < 4.78 is 5.57. The molecule has 26 heavy (non-hydrogen) atoms. The third kappa shape index (κ3) is 3.15. The van der Waals surface area contributed by atoms with Crippen LogP contribution >= 0.6 is 0 Å². The molecule has 0 unspecified atom stereocenters. The van der Waals surface area contributed by atoms with Crippen molar-refractivity contribution in [3.05, 3.63) is 70.6 Å². The molecule has 0 aliphatic heterocycles. The number of hydrogen-bond acceptors (Lipinski definition) is 8. The van der Waals surface area contributed by atoms with Crippen molar-refractivity contribution in [2.75, 3.05) is 0 Å². The molecule has 0 spiro atoms. The van der Waals surface area contributed by atoms with E-state index in [0.29, 0.717) is 17.3 Å². The molecule has 4 rings (SSSR count). The topological polar surface area (TPSA) is 126 Å². The number of nitrogens with zero attached hydrogens (tertiary/aromatic N) is 7. The summed E-state index contributed by atoms with van der Waals surface area (Å²) in [7, 11) is 0. The monoisotopic (exact) mass is 349 g/mol. The van der Waals surface area contributed by atoms with Crippen molar-refractivity contribution >= 4 is 5.69 Å². The molecule has 0 fully saturated rings. The lowest BCUT2D eigenvalue weighted by Gasteiger charge is -1.95. The maximum atomic E-state index is 10.7. The van der Waals surface area contributed by atoms with E-state index in [1.807, 2.05) is 30.3 Å². The first kappa shape index (κ1) is 15.6. The minimum absolute atomic E-state index is 0.00579. The SMILES string of the molecule is O=[N+]([O-])c1ccc(-c2nnc(Cn3nnc(-c4ccccc4)n3)o2)cc1. The summed E-state index contributed by atoms with van der Waals surface area (Å²) in [6.45, 7) is 0.166. The molecule has 0 aliphatic carbocycles. The van der Waals surface area contributed by atoms with Crippen LogP contribution in [0.4, 0.5) is 5.69 Å². The predicted molar refractivity (Wildman–Crippen MR) is 88.7 cm³/mol. The number of non-ortho nitro benzene ring substituents is 1. The highest BCUT2D eigenvalue weighted by molar-refractivity contribution is 5.55. The number of benzene rings is 2. The van der Waals surface area contributed by atoms with Crippen LogP contribution in [0.1, 0.15) is 5.89 Å². The largest absolute Gasteiger partial charge is 0.419 e. The van der Waals surface area contributed by atoms with Gasteiger partial charge in [0.2, 0.25) is 17.6 Å². The van der Waals surface area contributed by atoms with Gasteiger partial charge in [-0.2, -0.15) is 4.80 Å². The molecule has 0 bridgehead atoms. The third-order valence-corrected chi connectivity index (χ3v) is 3.55. The highest BCUT2D eigenvalue weighted by atomic mass is 16.6. The molecule has 0 radical (unpaired) electrons. The van der Waals surface area contributed by atoms with E-state index < -0.39 is 4.92 Å². The molecule has 2 heterocycles. The summed E-state index contributed by atoms with van der Waals surface area (Å²) in [6.07, 6.45) is 0. The number of hydrogen-bond donors (Lipinski definition) is 0. The van der Waals surface area contributed by atoms with Gasteiger partial charge in [0, 0.05) is 23.3 Å². The molecule has 4 aromatic rings. The molecular formula is C16H11N7O3. The van der Waals surface area contributed by atoms with Crippen molar-refractivity contribution in [1.82, 2.24) is 30.4 Å². The van der Waals surface area contributed by atoms with E-state index in [1.54, 1.807) is 12.1 Å². The second-order valence-electron chi connectivity index (χ2n) is 5.31. The molecule has 0 atom stereocenters. The molecular weight excluding hydrogens is 338 g/mol. The van der Waals surface area contributed by atoms with Crippen LogP contribution in [-0.4, -0.2) is 35.3 Å². The fourth-order valence-corrected chi connectivity index (χ4v) is 2.29. The maximum Gasteiger partial charge on any atom is 0.269 e. The average Bonchev–Trinajstić information content (AvgIpc) is 3.33. The van der Waals surface area contributed by atoms with Crippen LogP contribution < -0.4 is 0 Å². The zero-order valence-electron chi connectivity index (χ0n) is 13.3. The molecule has 128 valence electrons. The summed E-state index contributed by atoms with van der Waals surface area (Å²) in [6, 6.07) is 15.3. The van der Waals surface area contributed by atoms with Gasteiger partial charge < -0.3 is 4.42 Å². The Kier molecular flexibility index (Phi) is 3.90. The Bertz CT molecular complexity index is 1040. The third-order valence-electron chi connectivity index (χ3n) is 3.55. The second-order valence-corrected chi connectivity index (χ2v) is 5.31. The Balaban J connectivity index is 1.50. The van der Waals surface area contributed by atoms with Gasteiger partial charge in [-0.3, -0.25) is 10.1 Å². The highest BCUT2D eigenvalue weighted by Gasteiger charge is 2.13. The van der Waals surface area contributed by atoms with Gasteiger partial charge in [-0.1, -0.05) is 30.3 Å². The van der Waals surface area contributed by atoms with Gasteiger partial charge in [-0.05, 0) is 17.3 Å². The Morgan fingerprint density at radius 3 is 2.46 bits per heavy atom. The van der Waals surface area contributed by atoms with Crippen LogP contribution in [0, 0.1) is 10.1 Å². The normalized spacial score (nSPS) is 10.8. The minimum Gasteiger partial charge on any atom is -0.419 e. The van der Waals surface area contributed by atoms with Crippen molar-refractivity contribution in [2.45, 2.75) is 6.54 Å². The van der Waals surface area contributed by atoms with E-state index in [0.717, 1.165) is 5.56 Å². The first-order chi connectivity index (χ1) is 12.7. The smallest absolute Gasteiger partial charge is 0.269 e. The summed E-state index contributed by atoms with van der Waals surface area (Å²) in [5.41, 5.74) is 1.44. The molecule has 0 aliphatic rings. The lowest BCUT2D eigenvalue weighted by Crippen LogP contribution is -2.04. The van der Waals surface area contributed by atoms with Crippen LogP contribution in [-0.2, 0) is 6.54 Å². The van der Waals surface area contributed by atoms with E-state index in [1.165, 1.54) is 16.9 Å². The number of rotatable bonds is 5. The summed E-state index contributed by atoms with van der Waals surface area (Å²) >= 11 is 0. The molecule has 10 nitrogen and oxygen atoms in total. The van der Waals surface area contributed by atoms with E-state index >= 15 is 0 Å². The maximum absolute atomic E-state index is 10.7. The van der Waals surface area contributed by atoms with Crippen LogP contribution in [0.15, 0.2) is 59.0 Å². The number of tetrazole rings is 1. The van der Waals surface area contributed by atoms with Gasteiger partial charge in [0.15, 0.2) is 0 Å². The molecule has 0 N–H and O–H groups in total. The molecule has 2 aromatic heterocycles. The fourth-order valence-electron chi connectivity index (χ4n) is 2.29. The van der Waals surface area contributed by atoms with Crippen molar-refractivity contribution in [1.29, 1.82) is 0 Å². The van der Waals surface area contributed by atoms with Gasteiger partial charge in [0.05, 0.1) is 4.92 Å². The number of aromatic nitrogens is 6. The molecule has 10 heteroatoms. The van der Waals surface area contributed by atoms with E-state index in [9.17, 15) is 10.1 Å². The van der Waals surface area contributed by atoms with E-state index in [4.69, 9.17) is 4.42 Å². The Hall–Kier alpha value is -3.95.